The van der Waals surface area contributed by atoms with E-state index in [0.29, 0.717) is 12.6 Å². The van der Waals surface area contributed by atoms with Crippen molar-refractivity contribution in [2.24, 2.45) is 0 Å². The molecule has 0 saturated carbocycles. The Balaban J connectivity index is 1.58. The Morgan fingerprint density at radius 1 is 1.25 bits per heavy atom. The van der Waals surface area contributed by atoms with Gasteiger partial charge in [-0.25, -0.2) is 0 Å². The minimum absolute atomic E-state index is 0.160. The lowest BCUT2D eigenvalue weighted by Crippen LogP contribution is -2.47. The fraction of sp³-hybridized carbons (Fsp3) is 0.778. The van der Waals surface area contributed by atoms with Crippen molar-refractivity contribution < 1.29 is 14.3 Å². The number of carbonyl (C=O) groups is 1. The van der Waals surface area contributed by atoms with E-state index in [2.05, 4.69) is 11.6 Å². The van der Waals surface area contributed by atoms with E-state index in [-0.39, 0.29) is 12.0 Å². The number of nitrogens with zero attached hydrogens (tertiary/aromatic N) is 3. The summed E-state index contributed by atoms with van der Waals surface area (Å²) in [6.07, 6.45) is 5.72. The van der Waals surface area contributed by atoms with Crippen LogP contribution in [0.5, 0.6) is 0 Å². The van der Waals surface area contributed by atoms with Gasteiger partial charge in [0.25, 0.3) is 5.91 Å². The molecule has 0 N–H and O–H groups in total. The van der Waals surface area contributed by atoms with Gasteiger partial charge in [0.1, 0.15) is 6.10 Å². The predicted molar refractivity (Wildman–Crippen MR) is 88.8 cm³/mol. The third kappa shape index (κ3) is 2.86. The molecule has 24 heavy (non-hydrogen) atoms. The molecule has 1 atom stereocenters. The zero-order valence-corrected chi connectivity index (χ0v) is 14.5. The normalized spacial score (nSPS) is 24.5. The van der Waals surface area contributed by atoms with Crippen LogP contribution in [0.3, 0.4) is 0 Å². The molecule has 0 aliphatic carbocycles. The number of amides is 1. The van der Waals surface area contributed by atoms with Gasteiger partial charge in [-0.15, -0.1) is 0 Å². The first-order chi connectivity index (χ1) is 11.8. The van der Waals surface area contributed by atoms with Gasteiger partial charge >= 0.3 is 0 Å². The van der Waals surface area contributed by atoms with Crippen LogP contribution >= 0.6 is 0 Å². The van der Waals surface area contributed by atoms with Crippen molar-refractivity contribution in [3.63, 3.8) is 0 Å². The molecule has 2 fully saturated rings. The second-order valence-electron chi connectivity index (χ2n) is 7.07. The zero-order valence-electron chi connectivity index (χ0n) is 14.5. The van der Waals surface area contributed by atoms with Crippen LogP contribution in [0.2, 0.25) is 0 Å². The van der Waals surface area contributed by atoms with Gasteiger partial charge in [-0.3, -0.25) is 9.48 Å². The van der Waals surface area contributed by atoms with Crippen LogP contribution in [0.1, 0.15) is 55.6 Å². The van der Waals surface area contributed by atoms with Gasteiger partial charge < -0.3 is 14.4 Å². The molecule has 132 valence electrons. The van der Waals surface area contributed by atoms with E-state index in [1.807, 2.05) is 4.90 Å². The lowest BCUT2D eigenvalue weighted by Gasteiger charge is -2.35. The van der Waals surface area contributed by atoms with E-state index in [0.717, 1.165) is 64.9 Å². The first kappa shape index (κ1) is 16.1. The van der Waals surface area contributed by atoms with Crippen LogP contribution in [0.4, 0.5) is 0 Å². The summed E-state index contributed by atoms with van der Waals surface area (Å²) in [6.45, 7) is 6.04. The molecule has 2 saturated heterocycles. The second kappa shape index (κ2) is 6.84. The van der Waals surface area contributed by atoms with E-state index >= 15 is 0 Å². The highest BCUT2D eigenvalue weighted by Gasteiger charge is 2.35. The standard InChI is InChI=1S/C18H27N3O3/c1-2-3-15-14-12-20(18(22)17-7-11-24-17)8-4-16(14)21(19-15)13-5-9-23-10-6-13/h13,17H,2-12H2,1H3. The van der Waals surface area contributed by atoms with Crippen LogP contribution in [0, 0.1) is 0 Å². The van der Waals surface area contributed by atoms with Gasteiger partial charge in [0, 0.05) is 50.4 Å². The first-order valence-corrected chi connectivity index (χ1v) is 9.35. The number of fused-ring (bicyclic) bond motifs is 1. The molecule has 6 heteroatoms. The Morgan fingerprint density at radius 2 is 2.04 bits per heavy atom. The topological polar surface area (TPSA) is 56.6 Å². The number of ether oxygens (including phenoxy) is 2. The van der Waals surface area contributed by atoms with Gasteiger partial charge in [-0.05, 0) is 19.3 Å². The molecule has 0 spiro atoms. The number of rotatable bonds is 4. The van der Waals surface area contributed by atoms with Crippen molar-refractivity contribution >= 4 is 5.91 Å². The number of aromatic nitrogens is 2. The quantitative estimate of drug-likeness (QED) is 0.844. The van der Waals surface area contributed by atoms with Crippen LogP contribution in [0.25, 0.3) is 0 Å². The van der Waals surface area contributed by atoms with Crippen molar-refractivity contribution in [1.29, 1.82) is 0 Å². The van der Waals surface area contributed by atoms with Crippen LogP contribution in [-0.4, -0.2) is 53.1 Å². The summed E-state index contributed by atoms with van der Waals surface area (Å²) < 4.78 is 13.2. The Hall–Kier alpha value is -1.40. The summed E-state index contributed by atoms with van der Waals surface area (Å²) in [5, 5.41) is 4.97. The van der Waals surface area contributed by atoms with Gasteiger partial charge in [0.2, 0.25) is 0 Å². The lowest BCUT2D eigenvalue weighted by molar-refractivity contribution is -0.157. The molecule has 1 amide bonds. The summed E-state index contributed by atoms with van der Waals surface area (Å²) in [7, 11) is 0. The number of hydrogen-bond acceptors (Lipinski definition) is 4. The molecular formula is C18H27N3O3. The Labute approximate surface area is 143 Å². The maximum Gasteiger partial charge on any atom is 0.252 e. The summed E-state index contributed by atoms with van der Waals surface area (Å²) in [4.78, 5) is 14.5. The van der Waals surface area contributed by atoms with E-state index < -0.39 is 0 Å². The molecule has 4 heterocycles. The summed E-state index contributed by atoms with van der Waals surface area (Å²) in [6, 6.07) is 0.454. The van der Waals surface area contributed by atoms with E-state index in [9.17, 15) is 4.79 Å². The highest BCUT2D eigenvalue weighted by atomic mass is 16.5. The van der Waals surface area contributed by atoms with Crippen LogP contribution < -0.4 is 0 Å². The monoisotopic (exact) mass is 333 g/mol. The fourth-order valence-corrected chi connectivity index (χ4v) is 4.01. The van der Waals surface area contributed by atoms with Gasteiger partial charge in [-0.2, -0.15) is 5.10 Å². The van der Waals surface area contributed by atoms with E-state index in [1.54, 1.807) is 0 Å². The molecule has 6 nitrogen and oxygen atoms in total. The SMILES string of the molecule is CCCc1nn(C2CCOCC2)c2c1CN(C(=O)C1CCO1)CC2. The molecule has 1 aromatic rings. The molecule has 0 radical (unpaired) electrons. The summed E-state index contributed by atoms with van der Waals surface area (Å²) in [5.74, 6) is 0.160. The number of carbonyl (C=O) groups excluding carboxylic acids is 1. The molecule has 1 aromatic heterocycles. The molecule has 3 aliphatic heterocycles. The molecule has 0 bridgehead atoms. The second-order valence-corrected chi connectivity index (χ2v) is 7.07. The molecular weight excluding hydrogens is 306 g/mol. The highest BCUT2D eigenvalue weighted by molar-refractivity contribution is 5.81. The Kier molecular flexibility index (Phi) is 4.59. The number of hydrogen-bond donors (Lipinski definition) is 0. The van der Waals surface area contributed by atoms with Crippen LogP contribution in [0.15, 0.2) is 0 Å². The molecule has 1 unspecified atom stereocenters. The van der Waals surface area contributed by atoms with Gasteiger partial charge in [-0.1, -0.05) is 13.3 Å². The van der Waals surface area contributed by atoms with Gasteiger partial charge in [0.05, 0.1) is 18.3 Å². The minimum Gasteiger partial charge on any atom is -0.381 e. The third-order valence-corrected chi connectivity index (χ3v) is 5.48. The Morgan fingerprint density at radius 3 is 2.71 bits per heavy atom. The van der Waals surface area contributed by atoms with Crippen molar-refractivity contribution in [2.45, 2.75) is 64.1 Å². The smallest absolute Gasteiger partial charge is 0.252 e. The summed E-state index contributed by atoms with van der Waals surface area (Å²) in [5.41, 5.74) is 3.83. The Bertz CT molecular complexity index is 603. The highest BCUT2D eigenvalue weighted by Crippen LogP contribution is 2.30. The van der Waals surface area contributed by atoms with E-state index in [4.69, 9.17) is 14.6 Å². The largest absolute Gasteiger partial charge is 0.381 e. The maximum atomic E-state index is 12.5. The van der Waals surface area contributed by atoms with Crippen molar-refractivity contribution in [1.82, 2.24) is 14.7 Å². The average molecular weight is 333 g/mol. The fourth-order valence-electron chi connectivity index (χ4n) is 4.01. The van der Waals surface area contributed by atoms with Gasteiger partial charge in [0.15, 0.2) is 0 Å². The van der Waals surface area contributed by atoms with E-state index in [1.165, 1.54) is 17.0 Å². The van der Waals surface area contributed by atoms with Crippen molar-refractivity contribution in [3.05, 3.63) is 17.0 Å². The predicted octanol–water partition coefficient (Wildman–Crippen LogP) is 1.86. The number of aryl methyl sites for hydroxylation is 1. The lowest BCUT2D eigenvalue weighted by atomic mass is 10.0. The molecule has 4 rings (SSSR count). The third-order valence-electron chi connectivity index (χ3n) is 5.48. The van der Waals surface area contributed by atoms with Crippen molar-refractivity contribution in [2.75, 3.05) is 26.4 Å². The molecule has 3 aliphatic rings. The first-order valence-electron chi connectivity index (χ1n) is 9.35. The summed E-state index contributed by atoms with van der Waals surface area (Å²) >= 11 is 0. The minimum atomic E-state index is -0.202. The maximum absolute atomic E-state index is 12.5. The van der Waals surface area contributed by atoms with Crippen molar-refractivity contribution in [3.8, 4) is 0 Å². The molecule has 0 aromatic carbocycles. The van der Waals surface area contributed by atoms with Crippen LogP contribution in [-0.2, 0) is 33.7 Å². The zero-order chi connectivity index (χ0) is 16.5. The average Bonchev–Trinajstić information content (AvgIpc) is 2.92.